The molecular weight excluding hydrogens is 364 g/mol. The Labute approximate surface area is 163 Å². The zero-order valence-electron chi connectivity index (χ0n) is 15.2. The summed E-state index contributed by atoms with van der Waals surface area (Å²) in [7, 11) is 0. The number of aromatic nitrogens is 1. The summed E-state index contributed by atoms with van der Waals surface area (Å²) in [4.78, 5) is 30.4. The molecule has 1 aliphatic heterocycles. The summed E-state index contributed by atoms with van der Waals surface area (Å²) in [5, 5.41) is 5.87. The summed E-state index contributed by atoms with van der Waals surface area (Å²) in [6.07, 6.45) is 5.53. The van der Waals surface area contributed by atoms with Crippen molar-refractivity contribution in [2.75, 3.05) is 29.9 Å². The van der Waals surface area contributed by atoms with Crippen molar-refractivity contribution in [1.82, 2.24) is 10.3 Å². The van der Waals surface area contributed by atoms with Crippen LogP contribution in [0.1, 0.15) is 18.4 Å². The normalized spacial score (nSPS) is 14.7. The SMILES string of the molecule is Cc1ccc(NC(=O)C(=O)NCC2CCN(c3ccncc3)CC2)cc1Cl. The number of amides is 2. The van der Waals surface area contributed by atoms with Crippen LogP contribution in [0.15, 0.2) is 42.7 Å². The number of carbonyl (C=O) groups is 2. The molecule has 1 saturated heterocycles. The number of pyridine rings is 1. The minimum absolute atomic E-state index is 0.369. The fourth-order valence-electron chi connectivity index (χ4n) is 3.13. The highest BCUT2D eigenvalue weighted by molar-refractivity contribution is 6.39. The number of benzene rings is 1. The molecule has 0 atom stereocenters. The molecule has 1 aliphatic rings. The fourth-order valence-corrected chi connectivity index (χ4v) is 3.31. The molecule has 1 aromatic carbocycles. The van der Waals surface area contributed by atoms with Crippen LogP contribution < -0.4 is 15.5 Å². The third kappa shape index (κ3) is 5.20. The van der Waals surface area contributed by atoms with E-state index in [-0.39, 0.29) is 0 Å². The largest absolute Gasteiger partial charge is 0.371 e. The molecule has 0 unspecified atom stereocenters. The van der Waals surface area contributed by atoms with Gasteiger partial charge in [0, 0.05) is 48.4 Å². The summed E-state index contributed by atoms with van der Waals surface area (Å²) in [5.74, 6) is -0.930. The van der Waals surface area contributed by atoms with Gasteiger partial charge in [-0.05, 0) is 55.5 Å². The molecule has 0 aliphatic carbocycles. The van der Waals surface area contributed by atoms with E-state index in [0.717, 1.165) is 31.5 Å². The smallest absolute Gasteiger partial charge is 0.313 e. The quantitative estimate of drug-likeness (QED) is 0.792. The first-order valence-corrected chi connectivity index (χ1v) is 9.41. The number of nitrogens with one attached hydrogen (secondary N) is 2. The Hall–Kier alpha value is -2.60. The predicted octanol–water partition coefficient (Wildman–Crippen LogP) is 3.01. The highest BCUT2D eigenvalue weighted by atomic mass is 35.5. The highest BCUT2D eigenvalue weighted by Gasteiger charge is 2.21. The zero-order chi connectivity index (χ0) is 19.2. The average molecular weight is 387 g/mol. The lowest BCUT2D eigenvalue weighted by Crippen LogP contribution is -2.41. The first-order chi connectivity index (χ1) is 13.0. The van der Waals surface area contributed by atoms with Gasteiger partial charge in [0.1, 0.15) is 0 Å². The number of aryl methyl sites for hydroxylation is 1. The van der Waals surface area contributed by atoms with Gasteiger partial charge in [-0.25, -0.2) is 0 Å². The number of anilines is 2. The Kier molecular flexibility index (Phi) is 6.29. The summed E-state index contributed by atoms with van der Waals surface area (Å²) >= 11 is 6.04. The molecule has 7 heteroatoms. The summed E-state index contributed by atoms with van der Waals surface area (Å²) in [5.41, 5.74) is 2.59. The predicted molar refractivity (Wildman–Crippen MR) is 107 cm³/mol. The lowest BCUT2D eigenvalue weighted by atomic mass is 9.96. The van der Waals surface area contributed by atoms with E-state index in [1.807, 2.05) is 19.1 Å². The van der Waals surface area contributed by atoms with Crippen molar-refractivity contribution in [1.29, 1.82) is 0 Å². The lowest BCUT2D eigenvalue weighted by molar-refractivity contribution is -0.136. The number of halogens is 1. The molecule has 0 radical (unpaired) electrons. The van der Waals surface area contributed by atoms with Crippen molar-refractivity contribution in [2.45, 2.75) is 19.8 Å². The van der Waals surface area contributed by atoms with Crippen LogP contribution in [0.4, 0.5) is 11.4 Å². The van der Waals surface area contributed by atoms with Crippen LogP contribution in [0.25, 0.3) is 0 Å². The van der Waals surface area contributed by atoms with E-state index in [2.05, 4.69) is 20.5 Å². The maximum atomic E-state index is 12.1. The van der Waals surface area contributed by atoms with E-state index in [9.17, 15) is 9.59 Å². The van der Waals surface area contributed by atoms with Crippen LogP contribution in [0.2, 0.25) is 5.02 Å². The molecule has 2 N–H and O–H groups in total. The molecule has 6 nitrogen and oxygen atoms in total. The number of hydrogen-bond donors (Lipinski definition) is 2. The Balaban J connectivity index is 1.42. The van der Waals surface area contributed by atoms with Gasteiger partial charge in [0.15, 0.2) is 0 Å². The summed E-state index contributed by atoms with van der Waals surface area (Å²) in [6, 6.07) is 9.16. The Morgan fingerprint density at radius 1 is 1.15 bits per heavy atom. The van der Waals surface area contributed by atoms with Gasteiger partial charge in [-0.3, -0.25) is 14.6 Å². The van der Waals surface area contributed by atoms with Crippen molar-refractivity contribution < 1.29 is 9.59 Å². The molecule has 27 heavy (non-hydrogen) atoms. The van der Waals surface area contributed by atoms with E-state index in [1.54, 1.807) is 30.6 Å². The molecule has 142 valence electrons. The maximum absolute atomic E-state index is 12.1. The molecule has 1 aromatic heterocycles. The second-order valence-electron chi connectivity index (χ2n) is 6.76. The molecule has 1 fully saturated rings. The van der Waals surface area contributed by atoms with Crippen LogP contribution in [0.3, 0.4) is 0 Å². The second-order valence-corrected chi connectivity index (χ2v) is 7.17. The standard InChI is InChI=1S/C20H23ClN4O2/c1-14-2-3-16(12-18(14)21)24-20(27)19(26)23-13-15-6-10-25(11-7-15)17-4-8-22-9-5-17/h2-5,8-9,12,15H,6-7,10-11,13H2,1H3,(H,23,26)(H,24,27). The Morgan fingerprint density at radius 3 is 2.52 bits per heavy atom. The summed E-state index contributed by atoms with van der Waals surface area (Å²) in [6.45, 7) is 4.24. The van der Waals surface area contributed by atoms with E-state index >= 15 is 0 Å². The maximum Gasteiger partial charge on any atom is 0.313 e. The monoisotopic (exact) mass is 386 g/mol. The van der Waals surface area contributed by atoms with Gasteiger partial charge in [-0.2, -0.15) is 0 Å². The number of hydrogen-bond acceptors (Lipinski definition) is 4. The molecule has 2 aromatic rings. The first-order valence-electron chi connectivity index (χ1n) is 9.03. The van der Waals surface area contributed by atoms with Gasteiger partial charge in [0.25, 0.3) is 0 Å². The van der Waals surface area contributed by atoms with Gasteiger partial charge in [0.2, 0.25) is 0 Å². The van der Waals surface area contributed by atoms with E-state index in [0.29, 0.717) is 23.2 Å². The van der Waals surface area contributed by atoms with Gasteiger partial charge in [-0.1, -0.05) is 17.7 Å². The minimum Gasteiger partial charge on any atom is -0.371 e. The topological polar surface area (TPSA) is 74.3 Å². The Bertz CT molecular complexity index is 805. The van der Waals surface area contributed by atoms with E-state index < -0.39 is 11.8 Å². The van der Waals surface area contributed by atoms with Crippen LogP contribution in [0.5, 0.6) is 0 Å². The minimum atomic E-state index is -0.677. The van der Waals surface area contributed by atoms with Gasteiger partial charge < -0.3 is 15.5 Å². The highest BCUT2D eigenvalue weighted by Crippen LogP contribution is 2.22. The third-order valence-corrected chi connectivity index (χ3v) is 5.24. The molecular formula is C20H23ClN4O2. The molecule has 2 heterocycles. The van der Waals surface area contributed by atoms with Crippen molar-refractivity contribution in [3.8, 4) is 0 Å². The molecule has 0 spiro atoms. The number of nitrogens with zero attached hydrogens (tertiary/aromatic N) is 2. The fraction of sp³-hybridized carbons (Fsp3) is 0.350. The lowest BCUT2D eigenvalue weighted by Gasteiger charge is -2.33. The van der Waals surface area contributed by atoms with Crippen molar-refractivity contribution in [3.05, 3.63) is 53.3 Å². The summed E-state index contributed by atoms with van der Waals surface area (Å²) < 4.78 is 0. The van der Waals surface area contributed by atoms with Crippen molar-refractivity contribution >= 4 is 34.8 Å². The number of piperidine rings is 1. The van der Waals surface area contributed by atoms with Crippen LogP contribution in [-0.4, -0.2) is 36.4 Å². The number of carbonyl (C=O) groups excluding carboxylic acids is 2. The average Bonchev–Trinajstić information content (AvgIpc) is 2.70. The van der Waals surface area contributed by atoms with Gasteiger partial charge in [-0.15, -0.1) is 0 Å². The van der Waals surface area contributed by atoms with Crippen LogP contribution in [-0.2, 0) is 9.59 Å². The van der Waals surface area contributed by atoms with Crippen LogP contribution >= 0.6 is 11.6 Å². The Morgan fingerprint density at radius 2 is 1.85 bits per heavy atom. The molecule has 0 saturated carbocycles. The van der Waals surface area contributed by atoms with E-state index in [4.69, 9.17) is 11.6 Å². The van der Waals surface area contributed by atoms with Gasteiger partial charge in [0.05, 0.1) is 0 Å². The molecule has 3 rings (SSSR count). The van der Waals surface area contributed by atoms with Gasteiger partial charge >= 0.3 is 11.8 Å². The van der Waals surface area contributed by atoms with Crippen molar-refractivity contribution in [3.63, 3.8) is 0 Å². The third-order valence-electron chi connectivity index (χ3n) is 4.83. The van der Waals surface area contributed by atoms with Crippen molar-refractivity contribution in [2.24, 2.45) is 5.92 Å². The van der Waals surface area contributed by atoms with E-state index in [1.165, 1.54) is 5.69 Å². The first kappa shape index (κ1) is 19.2. The molecule has 0 bridgehead atoms. The zero-order valence-corrected chi connectivity index (χ0v) is 16.0. The molecule has 2 amide bonds. The van der Waals surface area contributed by atoms with Crippen LogP contribution in [0, 0.1) is 12.8 Å². The second kappa shape index (κ2) is 8.86. The number of rotatable bonds is 4.